The number of aromatic nitrogens is 2. The van der Waals surface area contributed by atoms with Gasteiger partial charge in [-0.2, -0.15) is 5.10 Å². The monoisotopic (exact) mass is 251 g/mol. The lowest BCUT2D eigenvalue weighted by Crippen LogP contribution is -2.51. The Kier molecular flexibility index (Phi) is 3.71. The highest BCUT2D eigenvalue weighted by atomic mass is 16.5. The third-order valence-electron chi connectivity index (χ3n) is 3.32. The van der Waals surface area contributed by atoms with Gasteiger partial charge >= 0.3 is 0 Å². The highest BCUT2D eigenvalue weighted by Crippen LogP contribution is 2.12. The number of carbonyl (C=O) groups is 1. The molecule has 1 amide bonds. The van der Waals surface area contributed by atoms with Crippen molar-refractivity contribution >= 4 is 5.91 Å². The summed E-state index contributed by atoms with van der Waals surface area (Å²) < 4.78 is 7.30. The summed E-state index contributed by atoms with van der Waals surface area (Å²) in [7, 11) is 0. The van der Waals surface area contributed by atoms with E-state index in [2.05, 4.69) is 5.10 Å². The average molecular weight is 251 g/mol. The Morgan fingerprint density at radius 2 is 2.22 bits per heavy atom. The predicted molar refractivity (Wildman–Crippen MR) is 68.3 cm³/mol. The van der Waals surface area contributed by atoms with E-state index in [0.717, 1.165) is 11.4 Å². The van der Waals surface area contributed by atoms with Gasteiger partial charge in [-0.3, -0.25) is 9.48 Å². The van der Waals surface area contributed by atoms with Gasteiger partial charge in [-0.15, -0.1) is 0 Å². The molecule has 18 heavy (non-hydrogen) atoms. The van der Waals surface area contributed by atoms with E-state index in [1.165, 1.54) is 0 Å². The lowest BCUT2D eigenvalue weighted by atomic mass is 10.2. The minimum atomic E-state index is 0.115. The second kappa shape index (κ2) is 5.10. The summed E-state index contributed by atoms with van der Waals surface area (Å²) >= 11 is 0. The van der Waals surface area contributed by atoms with Gasteiger partial charge in [0.1, 0.15) is 6.54 Å². The van der Waals surface area contributed by atoms with Crippen molar-refractivity contribution in [3.8, 4) is 0 Å². The quantitative estimate of drug-likeness (QED) is 0.792. The number of rotatable bonds is 2. The van der Waals surface area contributed by atoms with Gasteiger partial charge in [0.05, 0.1) is 24.4 Å². The van der Waals surface area contributed by atoms with Gasteiger partial charge in [0.2, 0.25) is 5.91 Å². The molecule has 0 saturated carbocycles. The maximum atomic E-state index is 12.3. The summed E-state index contributed by atoms with van der Waals surface area (Å²) in [4.78, 5) is 14.2. The molecule has 0 bridgehead atoms. The van der Waals surface area contributed by atoms with Gasteiger partial charge in [-0.05, 0) is 33.8 Å². The molecule has 1 saturated heterocycles. The Bertz CT molecular complexity index is 441. The van der Waals surface area contributed by atoms with Crippen molar-refractivity contribution in [1.29, 1.82) is 0 Å². The first kappa shape index (κ1) is 13.1. The van der Waals surface area contributed by atoms with Crippen molar-refractivity contribution < 1.29 is 9.53 Å². The molecule has 1 fully saturated rings. The Labute approximate surface area is 108 Å². The molecule has 5 heteroatoms. The zero-order chi connectivity index (χ0) is 13.3. The van der Waals surface area contributed by atoms with Crippen LogP contribution in [0.1, 0.15) is 25.2 Å². The summed E-state index contributed by atoms with van der Waals surface area (Å²) in [6.07, 6.45) is 0.116. The van der Waals surface area contributed by atoms with E-state index in [9.17, 15) is 4.79 Å². The minimum Gasteiger partial charge on any atom is -0.375 e. The van der Waals surface area contributed by atoms with E-state index in [0.29, 0.717) is 19.7 Å². The minimum absolute atomic E-state index is 0.115. The zero-order valence-electron chi connectivity index (χ0n) is 11.5. The lowest BCUT2D eigenvalue weighted by Gasteiger charge is -2.36. The van der Waals surface area contributed by atoms with Crippen LogP contribution in [-0.2, 0) is 16.1 Å². The number of hydrogen-bond donors (Lipinski definition) is 0. The average Bonchev–Trinajstić information content (AvgIpc) is 2.61. The first-order valence-electron chi connectivity index (χ1n) is 6.39. The molecule has 1 aliphatic rings. The number of hydrogen-bond acceptors (Lipinski definition) is 3. The number of nitrogens with zero attached hydrogens (tertiary/aromatic N) is 3. The molecule has 1 aliphatic heterocycles. The Balaban J connectivity index is 2.05. The van der Waals surface area contributed by atoms with Crippen LogP contribution >= 0.6 is 0 Å². The SMILES string of the molecule is Cc1cc(C)n(CC(=O)N2CC(C)OCC2C)n1. The van der Waals surface area contributed by atoms with E-state index in [1.807, 2.05) is 38.7 Å². The second-order valence-electron chi connectivity index (χ2n) is 5.12. The fraction of sp³-hybridized carbons (Fsp3) is 0.692. The van der Waals surface area contributed by atoms with Crippen molar-refractivity contribution in [2.45, 2.75) is 46.4 Å². The van der Waals surface area contributed by atoms with Crippen LogP contribution in [0, 0.1) is 13.8 Å². The van der Waals surface area contributed by atoms with Gasteiger partial charge in [0, 0.05) is 12.2 Å². The van der Waals surface area contributed by atoms with E-state index in [-0.39, 0.29) is 18.1 Å². The fourth-order valence-electron chi connectivity index (χ4n) is 2.30. The molecular weight excluding hydrogens is 230 g/mol. The zero-order valence-corrected chi connectivity index (χ0v) is 11.5. The Morgan fingerprint density at radius 1 is 1.50 bits per heavy atom. The standard InChI is InChI=1S/C13H21N3O2/c1-9-5-10(2)16(14-9)7-13(17)15-6-12(4)18-8-11(15)3/h5,11-12H,6-8H2,1-4H3. The van der Waals surface area contributed by atoms with Gasteiger partial charge in [-0.25, -0.2) is 0 Å². The normalized spacial score (nSPS) is 24.3. The largest absolute Gasteiger partial charge is 0.375 e. The van der Waals surface area contributed by atoms with Crippen molar-refractivity contribution in [2.24, 2.45) is 0 Å². The van der Waals surface area contributed by atoms with Crippen LogP contribution in [-0.4, -0.2) is 45.9 Å². The molecule has 1 aromatic heterocycles. The van der Waals surface area contributed by atoms with Crippen LogP contribution in [0.25, 0.3) is 0 Å². The predicted octanol–water partition coefficient (Wildman–Crippen LogP) is 1.14. The third kappa shape index (κ3) is 2.72. The summed E-state index contributed by atoms with van der Waals surface area (Å²) in [5.41, 5.74) is 1.97. The van der Waals surface area contributed by atoms with E-state index >= 15 is 0 Å². The van der Waals surface area contributed by atoms with Crippen LogP contribution in [0.3, 0.4) is 0 Å². The molecule has 1 aromatic rings. The van der Waals surface area contributed by atoms with Crippen LogP contribution in [0.5, 0.6) is 0 Å². The molecule has 2 atom stereocenters. The molecule has 0 aliphatic carbocycles. The van der Waals surface area contributed by atoms with E-state index in [4.69, 9.17) is 4.74 Å². The number of aryl methyl sites for hydroxylation is 2. The smallest absolute Gasteiger partial charge is 0.244 e. The molecule has 2 rings (SSSR count). The summed E-state index contributed by atoms with van der Waals surface area (Å²) in [5, 5.41) is 4.33. The summed E-state index contributed by atoms with van der Waals surface area (Å²) in [6, 6.07) is 2.13. The topological polar surface area (TPSA) is 47.4 Å². The maximum absolute atomic E-state index is 12.3. The molecular formula is C13H21N3O2. The van der Waals surface area contributed by atoms with Gasteiger partial charge in [-0.1, -0.05) is 0 Å². The maximum Gasteiger partial charge on any atom is 0.244 e. The summed E-state index contributed by atoms with van der Waals surface area (Å²) in [5.74, 6) is 0.115. The molecule has 2 unspecified atom stereocenters. The molecule has 100 valence electrons. The number of ether oxygens (including phenoxy) is 1. The molecule has 0 aromatic carbocycles. The van der Waals surface area contributed by atoms with E-state index in [1.54, 1.807) is 4.68 Å². The summed E-state index contributed by atoms with van der Waals surface area (Å²) in [6.45, 7) is 9.52. The Hall–Kier alpha value is -1.36. The molecule has 5 nitrogen and oxygen atoms in total. The molecule has 2 heterocycles. The lowest BCUT2D eigenvalue weighted by molar-refractivity contribution is -0.144. The number of morpholine rings is 1. The van der Waals surface area contributed by atoms with Crippen LogP contribution in [0.2, 0.25) is 0 Å². The van der Waals surface area contributed by atoms with Crippen LogP contribution in [0.15, 0.2) is 6.07 Å². The molecule has 0 N–H and O–H groups in total. The second-order valence-corrected chi connectivity index (χ2v) is 5.12. The van der Waals surface area contributed by atoms with Gasteiger partial charge in [0.15, 0.2) is 0 Å². The number of amides is 1. The van der Waals surface area contributed by atoms with Crippen LogP contribution < -0.4 is 0 Å². The third-order valence-corrected chi connectivity index (χ3v) is 3.32. The highest BCUT2D eigenvalue weighted by molar-refractivity contribution is 5.76. The Morgan fingerprint density at radius 3 is 2.83 bits per heavy atom. The molecule has 0 spiro atoms. The van der Waals surface area contributed by atoms with Crippen LogP contribution in [0.4, 0.5) is 0 Å². The first-order valence-corrected chi connectivity index (χ1v) is 6.39. The van der Waals surface area contributed by atoms with Gasteiger partial charge in [0.25, 0.3) is 0 Å². The first-order chi connectivity index (χ1) is 8.47. The fourth-order valence-corrected chi connectivity index (χ4v) is 2.30. The van der Waals surface area contributed by atoms with Crippen molar-refractivity contribution in [1.82, 2.24) is 14.7 Å². The van der Waals surface area contributed by atoms with Crippen molar-refractivity contribution in [3.05, 3.63) is 17.5 Å². The van der Waals surface area contributed by atoms with Crippen molar-refractivity contribution in [2.75, 3.05) is 13.2 Å². The van der Waals surface area contributed by atoms with Crippen molar-refractivity contribution in [3.63, 3.8) is 0 Å². The number of carbonyl (C=O) groups excluding carboxylic acids is 1. The van der Waals surface area contributed by atoms with E-state index < -0.39 is 0 Å². The van der Waals surface area contributed by atoms with Gasteiger partial charge < -0.3 is 9.64 Å². The molecule has 0 radical (unpaired) electrons. The highest BCUT2D eigenvalue weighted by Gasteiger charge is 2.27.